The molecule has 1 rings (SSSR count). The van der Waals surface area contributed by atoms with E-state index in [4.69, 9.17) is 0 Å². The summed E-state index contributed by atoms with van der Waals surface area (Å²) in [5.74, 6) is 1.04. The van der Waals surface area contributed by atoms with E-state index in [2.05, 4.69) is 18.5 Å². The summed E-state index contributed by atoms with van der Waals surface area (Å²) in [6.45, 7) is 3.16. The van der Waals surface area contributed by atoms with Crippen LogP contribution >= 0.6 is 11.8 Å². The molecule has 0 spiro atoms. The van der Waals surface area contributed by atoms with Crippen LogP contribution in [-0.2, 0) is 6.42 Å². The third-order valence-corrected chi connectivity index (χ3v) is 3.42. The molecule has 0 aliphatic carbocycles. The van der Waals surface area contributed by atoms with Crippen molar-refractivity contribution < 1.29 is 4.39 Å². The van der Waals surface area contributed by atoms with E-state index >= 15 is 0 Å². The van der Waals surface area contributed by atoms with E-state index < -0.39 is 0 Å². The number of benzene rings is 1. The van der Waals surface area contributed by atoms with Crippen LogP contribution in [-0.4, -0.2) is 24.6 Å². The summed E-state index contributed by atoms with van der Waals surface area (Å²) in [6.07, 6.45) is 5.11. The van der Waals surface area contributed by atoms with Crippen LogP contribution in [0, 0.1) is 5.82 Å². The third-order valence-electron chi connectivity index (χ3n) is 2.78. The smallest absolute Gasteiger partial charge is 0.126 e. The van der Waals surface area contributed by atoms with Crippen LogP contribution in [0.15, 0.2) is 24.3 Å². The SMILES string of the molecule is CCCNC(CCSC)Cc1ccccc1F. The number of hydrogen-bond acceptors (Lipinski definition) is 2. The van der Waals surface area contributed by atoms with Crippen LogP contribution in [0.25, 0.3) is 0 Å². The summed E-state index contributed by atoms with van der Waals surface area (Å²) in [6, 6.07) is 7.47. The summed E-state index contributed by atoms with van der Waals surface area (Å²) < 4.78 is 13.6. The summed E-state index contributed by atoms with van der Waals surface area (Å²) in [5.41, 5.74) is 0.821. The minimum Gasteiger partial charge on any atom is -0.314 e. The average Bonchev–Trinajstić information content (AvgIpc) is 2.35. The van der Waals surface area contributed by atoms with Crippen LogP contribution in [0.1, 0.15) is 25.3 Å². The van der Waals surface area contributed by atoms with E-state index in [-0.39, 0.29) is 5.82 Å². The molecule has 0 amide bonds. The number of halogens is 1. The summed E-state index contributed by atoms with van der Waals surface area (Å²) in [7, 11) is 0. The van der Waals surface area contributed by atoms with E-state index in [0.29, 0.717) is 6.04 Å². The van der Waals surface area contributed by atoms with Crippen molar-refractivity contribution in [2.45, 2.75) is 32.2 Å². The van der Waals surface area contributed by atoms with Gasteiger partial charge in [-0.25, -0.2) is 4.39 Å². The summed E-state index contributed by atoms with van der Waals surface area (Å²) in [5, 5.41) is 3.50. The Bertz CT molecular complexity index is 309. The zero-order valence-electron chi connectivity index (χ0n) is 10.7. The van der Waals surface area contributed by atoms with Gasteiger partial charge in [-0.05, 0) is 49.4 Å². The molecule has 1 atom stereocenters. The molecular formula is C14H22FNS. The lowest BCUT2D eigenvalue weighted by atomic mass is 10.0. The van der Waals surface area contributed by atoms with Crippen molar-refractivity contribution >= 4 is 11.8 Å². The quantitative estimate of drug-likeness (QED) is 0.763. The molecular weight excluding hydrogens is 233 g/mol. The predicted molar refractivity (Wildman–Crippen MR) is 75.2 cm³/mol. The number of rotatable bonds is 8. The third kappa shape index (κ3) is 5.55. The Morgan fingerprint density at radius 3 is 2.76 bits per heavy atom. The lowest BCUT2D eigenvalue weighted by Gasteiger charge is -2.18. The fourth-order valence-corrected chi connectivity index (χ4v) is 2.33. The van der Waals surface area contributed by atoms with Gasteiger partial charge in [-0.1, -0.05) is 25.1 Å². The summed E-state index contributed by atoms with van der Waals surface area (Å²) >= 11 is 1.84. The number of nitrogens with one attached hydrogen (secondary N) is 1. The maximum Gasteiger partial charge on any atom is 0.126 e. The van der Waals surface area contributed by atoms with Gasteiger partial charge in [0, 0.05) is 6.04 Å². The highest BCUT2D eigenvalue weighted by Gasteiger charge is 2.10. The first-order valence-electron chi connectivity index (χ1n) is 6.23. The fourth-order valence-electron chi connectivity index (χ4n) is 1.81. The highest BCUT2D eigenvalue weighted by molar-refractivity contribution is 7.98. The Balaban J connectivity index is 2.55. The van der Waals surface area contributed by atoms with Crippen LogP contribution in [0.2, 0.25) is 0 Å². The molecule has 0 aromatic heterocycles. The monoisotopic (exact) mass is 255 g/mol. The minimum absolute atomic E-state index is 0.0834. The van der Waals surface area contributed by atoms with Gasteiger partial charge in [-0.3, -0.25) is 0 Å². The van der Waals surface area contributed by atoms with Gasteiger partial charge in [0.15, 0.2) is 0 Å². The standard InChI is InChI=1S/C14H22FNS/c1-3-9-16-13(8-10-17-2)11-12-6-4-5-7-14(12)15/h4-7,13,16H,3,8-11H2,1-2H3. The van der Waals surface area contributed by atoms with Gasteiger partial charge < -0.3 is 5.32 Å². The van der Waals surface area contributed by atoms with Crippen molar-refractivity contribution in [3.8, 4) is 0 Å². The van der Waals surface area contributed by atoms with Gasteiger partial charge in [0.05, 0.1) is 0 Å². The van der Waals surface area contributed by atoms with E-state index in [9.17, 15) is 4.39 Å². The largest absolute Gasteiger partial charge is 0.314 e. The molecule has 1 N–H and O–H groups in total. The molecule has 3 heteroatoms. The van der Waals surface area contributed by atoms with Crippen LogP contribution in [0.3, 0.4) is 0 Å². The Labute approximate surface area is 108 Å². The second-order valence-corrected chi connectivity index (χ2v) is 5.21. The average molecular weight is 255 g/mol. The topological polar surface area (TPSA) is 12.0 Å². The van der Waals surface area contributed by atoms with Gasteiger partial charge in [0.1, 0.15) is 5.82 Å². The molecule has 0 saturated carbocycles. The van der Waals surface area contributed by atoms with Crippen molar-refractivity contribution in [1.29, 1.82) is 0 Å². The van der Waals surface area contributed by atoms with Crippen molar-refractivity contribution in [2.75, 3.05) is 18.6 Å². The molecule has 0 aliphatic rings. The van der Waals surface area contributed by atoms with Gasteiger partial charge in [-0.2, -0.15) is 11.8 Å². The summed E-state index contributed by atoms with van der Waals surface area (Å²) in [4.78, 5) is 0. The second-order valence-electron chi connectivity index (χ2n) is 4.23. The molecule has 0 radical (unpaired) electrons. The second kappa shape index (κ2) is 8.54. The van der Waals surface area contributed by atoms with Crippen molar-refractivity contribution in [3.63, 3.8) is 0 Å². The molecule has 0 heterocycles. The highest BCUT2D eigenvalue weighted by Crippen LogP contribution is 2.12. The molecule has 0 aliphatic heterocycles. The lowest BCUT2D eigenvalue weighted by molar-refractivity contribution is 0.486. The van der Waals surface area contributed by atoms with E-state index in [1.54, 1.807) is 12.1 Å². The predicted octanol–water partition coefficient (Wildman–Crippen LogP) is 3.49. The van der Waals surface area contributed by atoms with Crippen LogP contribution < -0.4 is 5.32 Å². The maximum absolute atomic E-state index is 13.6. The van der Waals surface area contributed by atoms with Crippen molar-refractivity contribution in [1.82, 2.24) is 5.32 Å². The molecule has 96 valence electrons. The zero-order chi connectivity index (χ0) is 12.5. The molecule has 0 bridgehead atoms. The Morgan fingerprint density at radius 1 is 1.35 bits per heavy atom. The first kappa shape index (κ1) is 14.5. The maximum atomic E-state index is 13.6. The molecule has 0 saturated heterocycles. The fraction of sp³-hybridized carbons (Fsp3) is 0.571. The molecule has 1 unspecified atom stereocenters. The van der Waals surface area contributed by atoms with Crippen molar-refractivity contribution in [3.05, 3.63) is 35.6 Å². The van der Waals surface area contributed by atoms with Gasteiger partial charge in [0.25, 0.3) is 0 Å². The van der Waals surface area contributed by atoms with Gasteiger partial charge in [-0.15, -0.1) is 0 Å². The minimum atomic E-state index is -0.0834. The Kier molecular flexibility index (Phi) is 7.29. The molecule has 0 fully saturated rings. The molecule has 1 aromatic carbocycles. The van der Waals surface area contributed by atoms with Crippen LogP contribution in [0.4, 0.5) is 4.39 Å². The molecule has 17 heavy (non-hydrogen) atoms. The lowest BCUT2D eigenvalue weighted by Crippen LogP contribution is -2.32. The Morgan fingerprint density at radius 2 is 2.12 bits per heavy atom. The van der Waals surface area contributed by atoms with Gasteiger partial charge >= 0.3 is 0 Å². The molecule has 1 aromatic rings. The van der Waals surface area contributed by atoms with E-state index in [0.717, 1.165) is 37.1 Å². The van der Waals surface area contributed by atoms with E-state index in [1.165, 1.54) is 0 Å². The first-order chi connectivity index (χ1) is 8.27. The zero-order valence-corrected chi connectivity index (χ0v) is 11.5. The number of hydrogen-bond donors (Lipinski definition) is 1. The number of thioether (sulfide) groups is 1. The first-order valence-corrected chi connectivity index (χ1v) is 7.63. The van der Waals surface area contributed by atoms with E-state index in [1.807, 2.05) is 23.9 Å². The normalized spacial score (nSPS) is 12.6. The van der Waals surface area contributed by atoms with Crippen molar-refractivity contribution in [2.24, 2.45) is 0 Å². The highest BCUT2D eigenvalue weighted by atomic mass is 32.2. The van der Waals surface area contributed by atoms with Crippen LogP contribution in [0.5, 0.6) is 0 Å². The Hall–Kier alpha value is -0.540. The van der Waals surface area contributed by atoms with Gasteiger partial charge in [0.2, 0.25) is 0 Å². The molecule has 1 nitrogen and oxygen atoms in total.